The SMILES string of the molecule is COc1ccc(/C=N/N(C(=O)c2ccc(C)c(C)c2)c2nc3ccc(Br)cc3s2)cc1. The zero-order valence-corrected chi connectivity index (χ0v) is 19.7. The average molecular weight is 494 g/mol. The normalized spacial score (nSPS) is 11.2. The molecule has 4 aromatic rings. The molecule has 3 aromatic carbocycles. The van der Waals surface area contributed by atoms with E-state index in [1.807, 2.05) is 74.5 Å². The van der Waals surface area contributed by atoms with Crippen molar-refractivity contribution >= 4 is 54.7 Å². The van der Waals surface area contributed by atoms with Crippen LogP contribution in [0.1, 0.15) is 27.0 Å². The van der Waals surface area contributed by atoms with Crippen molar-refractivity contribution in [2.75, 3.05) is 12.1 Å². The van der Waals surface area contributed by atoms with Crippen LogP contribution in [0, 0.1) is 13.8 Å². The Kier molecular flexibility index (Phi) is 6.15. The van der Waals surface area contributed by atoms with Crippen molar-refractivity contribution in [2.24, 2.45) is 5.10 Å². The first-order valence-corrected chi connectivity index (χ1v) is 11.2. The number of fused-ring (bicyclic) bond motifs is 1. The maximum atomic E-state index is 13.4. The molecule has 0 aliphatic carbocycles. The maximum Gasteiger partial charge on any atom is 0.280 e. The molecule has 1 aromatic heterocycles. The fourth-order valence-electron chi connectivity index (χ4n) is 2.98. The summed E-state index contributed by atoms with van der Waals surface area (Å²) in [4.78, 5) is 18.1. The topological polar surface area (TPSA) is 54.8 Å². The van der Waals surface area contributed by atoms with E-state index in [1.54, 1.807) is 13.3 Å². The molecule has 7 heteroatoms. The molecule has 0 atom stereocenters. The number of hydrazone groups is 1. The van der Waals surface area contributed by atoms with Gasteiger partial charge in [-0.05, 0) is 85.1 Å². The molecule has 1 amide bonds. The minimum Gasteiger partial charge on any atom is -0.497 e. The summed E-state index contributed by atoms with van der Waals surface area (Å²) in [6.07, 6.45) is 1.65. The van der Waals surface area contributed by atoms with Crippen molar-refractivity contribution in [1.29, 1.82) is 0 Å². The van der Waals surface area contributed by atoms with Crippen molar-refractivity contribution in [3.63, 3.8) is 0 Å². The summed E-state index contributed by atoms with van der Waals surface area (Å²) in [5, 5.41) is 6.40. The van der Waals surface area contributed by atoms with E-state index < -0.39 is 0 Å². The lowest BCUT2D eigenvalue weighted by Gasteiger charge is -2.14. The number of halogens is 1. The van der Waals surface area contributed by atoms with Gasteiger partial charge in [-0.1, -0.05) is 33.3 Å². The summed E-state index contributed by atoms with van der Waals surface area (Å²) >= 11 is 4.91. The van der Waals surface area contributed by atoms with Gasteiger partial charge in [0.2, 0.25) is 5.13 Å². The highest BCUT2D eigenvalue weighted by Gasteiger charge is 2.21. The van der Waals surface area contributed by atoms with Crippen LogP contribution < -0.4 is 9.75 Å². The summed E-state index contributed by atoms with van der Waals surface area (Å²) in [6.45, 7) is 4.01. The van der Waals surface area contributed by atoms with Crippen LogP contribution in [-0.2, 0) is 0 Å². The first-order valence-electron chi connectivity index (χ1n) is 9.60. The van der Waals surface area contributed by atoms with Gasteiger partial charge in [0.1, 0.15) is 5.75 Å². The monoisotopic (exact) mass is 493 g/mol. The molecular formula is C24H20BrN3O2S. The zero-order chi connectivity index (χ0) is 22.0. The van der Waals surface area contributed by atoms with E-state index in [1.165, 1.54) is 16.3 Å². The van der Waals surface area contributed by atoms with Crippen LogP contribution in [0.15, 0.2) is 70.2 Å². The molecule has 0 bridgehead atoms. The Labute approximate surface area is 193 Å². The first kappa shape index (κ1) is 21.2. The lowest BCUT2D eigenvalue weighted by molar-refractivity contribution is 0.0987. The first-order chi connectivity index (χ1) is 14.9. The van der Waals surface area contributed by atoms with E-state index in [9.17, 15) is 4.79 Å². The van der Waals surface area contributed by atoms with Crippen LogP contribution in [0.2, 0.25) is 0 Å². The number of amides is 1. The molecular weight excluding hydrogens is 474 g/mol. The molecule has 0 saturated carbocycles. The summed E-state index contributed by atoms with van der Waals surface area (Å²) < 4.78 is 7.14. The minimum atomic E-state index is -0.231. The molecule has 1 heterocycles. The fraction of sp³-hybridized carbons (Fsp3) is 0.125. The van der Waals surface area contributed by atoms with Crippen LogP contribution in [0.4, 0.5) is 5.13 Å². The number of aryl methyl sites for hydroxylation is 2. The van der Waals surface area contributed by atoms with Crippen LogP contribution >= 0.6 is 27.3 Å². The second-order valence-corrected chi connectivity index (χ2v) is 8.97. The van der Waals surface area contributed by atoms with Gasteiger partial charge in [-0.3, -0.25) is 4.79 Å². The number of hydrogen-bond acceptors (Lipinski definition) is 5. The lowest BCUT2D eigenvalue weighted by Crippen LogP contribution is -2.25. The number of nitrogens with zero attached hydrogens (tertiary/aromatic N) is 3. The fourth-order valence-corrected chi connectivity index (χ4v) is 4.45. The molecule has 0 fully saturated rings. The third-order valence-corrected chi connectivity index (χ3v) is 6.39. The quantitative estimate of drug-likeness (QED) is 0.240. The summed E-state index contributed by atoms with van der Waals surface area (Å²) in [5.41, 5.74) is 4.42. The third-order valence-electron chi connectivity index (χ3n) is 4.90. The number of carbonyl (C=O) groups excluding carboxylic acids is 1. The number of thiazole rings is 1. The number of ether oxygens (including phenoxy) is 1. The third kappa shape index (κ3) is 4.68. The second-order valence-electron chi connectivity index (χ2n) is 7.04. The number of carbonyl (C=O) groups is 1. The van der Waals surface area contributed by atoms with Gasteiger partial charge in [0.15, 0.2) is 0 Å². The van der Waals surface area contributed by atoms with E-state index in [2.05, 4.69) is 26.0 Å². The van der Waals surface area contributed by atoms with E-state index in [0.29, 0.717) is 10.7 Å². The van der Waals surface area contributed by atoms with Crippen molar-refractivity contribution in [3.05, 3.63) is 87.4 Å². The van der Waals surface area contributed by atoms with E-state index in [-0.39, 0.29) is 5.91 Å². The molecule has 0 radical (unpaired) electrons. The number of hydrogen-bond donors (Lipinski definition) is 0. The number of anilines is 1. The van der Waals surface area contributed by atoms with Crippen LogP contribution in [0.25, 0.3) is 10.2 Å². The van der Waals surface area contributed by atoms with Gasteiger partial charge in [-0.15, -0.1) is 0 Å². The predicted molar refractivity (Wildman–Crippen MR) is 131 cm³/mol. The van der Waals surface area contributed by atoms with E-state index in [4.69, 9.17) is 4.74 Å². The largest absolute Gasteiger partial charge is 0.497 e. The van der Waals surface area contributed by atoms with Crippen LogP contribution in [0.5, 0.6) is 5.75 Å². The van der Waals surface area contributed by atoms with Gasteiger partial charge >= 0.3 is 0 Å². The Hall–Kier alpha value is -3.03. The number of aromatic nitrogens is 1. The van der Waals surface area contributed by atoms with Gasteiger partial charge < -0.3 is 4.74 Å². The van der Waals surface area contributed by atoms with E-state index >= 15 is 0 Å². The van der Waals surface area contributed by atoms with Crippen LogP contribution in [-0.4, -0.2) is 24.2 Å². The van der Waals surface area contributed by atoms with Gasteiger partial charge in [0.05, 0.1) is 23.5 Å². The summed E-state index contributed by atoms with van der Waals surface area (Å²) in [6, 6.07) is 19.0. The maximum absolute atomic E-state index is 13.4. The van der Waals surface area contributed by atoms with Crippen LogP contribution in [0.3, 0.4) is 0 Å². The summed E-state index contributed by atoms with van der Waals surface area (Å²) in [7, 11) is 1.62. The Balaban J connectivity index is 1.75. The minimum absolute atomic E-state index is 0.231. The van der Waals surface area contributed by atoms with Gasteiger partial charge in [0.25, 0.3) is 5.91 Å². The van der Waals surface area contributed by atoms with Gasteiger partial charge in [-0.2, -0.15) is 10.1 Å². The van der Waals surface area contributed by atoms with Crippen molar-refractivity contribution in [2.45, 2.75) is 13.8 Å². The molecule has 5 nitrogen and oxygen atoms in total. The predicted octanol–water partition coefficient (Wildman–Crippen LogP) is 6.37. The molecule has 0 N–H and O–H groups in total. The highest BCUT2D eigenvalue weighted by molar-refractivity contribution is 9.10. The second kappa shape index (κ2) is 8.99. The van der Waals surface area contributed by atoms with Gasteiger partial charge in [0, 0.05) is 10.0 Å². The van der Waals surface area contributed by atoms with Crippen molar-refractivity contribution < 1.29 is 9.53 Å². The lowest BCUT2D eigenvalue weighted by atomic mass is 10.1. The number of benzene rings is 3. The Morgan fingerprint density at radius 1 is 1.06 bits per heavy atom. The molecule has 0 aliphatic rings. The smallest absolute Gasteiger partial charge is 0.280 e. The Morgan fingerprint density at radius 2 is 1.84 bits per heavy atom. The zero-order valence-electron chi connectivity index (χ0n) is 17.3. The van der Waals surface area contributed by atoms with E-state index in [0.717, 1.165) is 37.1 Å². The average Bonchev–Trinajstić information content (AvgIpc) is 3.18. The summed E-state index contributed by atoms with van der Waals surface area (Å²) in [5.74, 6) is 0.531. The highest BCUT2D eigenvalue weighted by atomic mass is 79.9. The Bertz CT molecular complexity index is 1280. The molecule has 0 unspecified atom stereocenters. The molecule has 0 spiro atoms. The van der Waals surface area contributed by atoms with Gasteiger partial charge in [-0.25, -0.2) is 4.98 Å². The molecule has 156 valence electrons. The van der Waals surface area contributed by atoms with Crippen molar-refractivity contribution in [1.82, 2.24) is 4.98 Å². The molecule has 31 heavy (non-hydrogen) atoms. The molecule has 4 rings (SSSR count). The number of rotatable bonds is 5. The van der Waals surface area contributed by atoms with Crippen molar-refractivity contribution in [3.8, 4) is 5.75 Å². The number of methoxy groups -OCH3 is 1. The highest BCUT2D eigenvalue weighted by Crippen LogP contribution is 2.32. The molecule has 0 aliphatic heterocycles. The Morgan fingerprint density at radius 3 is 2.55 bits per heavy atom. The standard InChI is InChI=1S/C24H20BrN3O2S/c1-15-4-7-18(12-16(15)2)23(29)28(26-14-17-5-9-20(30-3)10-6-17)24-27-21-11-8-19(25)13-22(21)31-24/h4-14H,1-3H3/b26-14+. The molecule has 0 saturated heterocycles.